The highest BCUT2D eigenvalue weighted by atomic mass is 32.2. The van der Waals surface area contributed by atoms with Crippen LogP contribution in [0, 0.1) is 0 Å². The molecule has 0 spiro atoms. The first-order valence-electron chi connectivity index (χ1n) is 10.2. The molecule has 2 N–H and O–H groups in total. The Labute approximate surface area is 207 Å². The van der Waals surface area contributed by atoms with E-state index in [1.165, 1.54) is 43.2 Å². The second-order valence-electron chi connectivity index (χ2n) is 7.05. The maximum absolute atomic E-state index is 12.8. The van der Waals surface area contributed by atoms with Gasteiger partial charge in [0.15, 0.2) is 6.61 Å². The van der Waals surface area contributed by atoms with Gasteiger partial charge in [-0.2, -0.15) is 0 Å². The van der Waals surface area contributed by atoms with Crippen LogP contribution in [0.5, 0.6) is 5.75 Å². The van der Waals surface area contributed by atoms with Crippen LogP contribution in [-0.2, 0) is 20.1 Å². The number of pyridine rings is 2. The smallest absolute Gasteiger partial charge is 0.456 e. The molecular weight excluding hydrogens is 501 g/mol. The van der Waals surface area contributed by atoms with Crippen molar-refractivity contribution in [2.24, 2.45) is 0 Å². The number of esters is 1. The third-order valence-electron chi connectivity index (χ3n) is 4.24. The Morgan fingerprint density at radius 1 is 1.00 bits per heavy atom. The van der Waals surface area contributed by atoms with Gasteiger partial charge < -0.3 is 20.1 Å². The molecular formula is C23H19F3N4O5S. The van der Waals surface area contributed by atoms with Crippen molar-refractivity contribution >= 4 is 41.1 Å². The number of rotatable bonds is 9. The fourth-order valence-electron chi connectivity index (χ4n) is 2.75. The number of nitrogens with one attached hydrogen (secondary N) is 2. The van der Waals surface area contributed by atoms with E-state index in [1.54, 1.807) is 24.3 Å². The van der Waals surface area contributed by atoms with Gasteiger partial charge in [-0.15, -0.1) is 24.9 Å². The standard InChI is InChI=1S/C23H19F3N4O5S/c1-14(31)34-12-20(32)30-19-11-15(8-10-27-19)13-36-22-18(3-2-9-28-22)21(33)29-16-4-6-17(7-5-16)35-23(24,25)26/h2-11H,12-13H2,1H3,(H,29,33)(H,27,30,32). The fraction of sp³-hybridized carbons (Fsp3) is 0.174. The number of carbonyl (C=O) groups is 3. The minimum absolute atomic E-state index is 0.266. The molecule has 1 aromatic carbocycles. The number of carbonyl (C=O) groups excluding carboxylic acids is 3. The molecule has 3 rings (SSSR count). The molecule has 0 unspecified atom stereocenters. The molecule has 0 aliphatic carbocycles. The average Bonchev–Trinajstić information content (AvgIpc) is 2.82. The van der Waals surface area contributed by atoms with Crippen LogP contribution < -0.4 is 15.4 Å². The molecule has 36 heavy (non-hydrogen) atoms. The first-order valence-corrected chi connectivity index (χ1v) is 11.2. The molecule has 0 saturated carbocycles. The predicted octanol–water partition coefficient (Wildman–Crippen LogP) is 4.42. The molecule has 0 radical (unpaired) electrons. The molecule has 2 amide bonds. The summed E-state index contributed by atoms with van der Waals surface area (Å²) in [6.45, 7) is 0.763. The molecule has 2 heterocycles. The van der Waals surface area contributed by atoms with Crippen LogP contribution in [0.1, 0.15) is 22.8 Å². The molecule has 0 aliphatic rings. The number of benzene rings is 1. The van der Waals surface area contributed by atoms with Gasteiger partial charge in [-0.3, -0.25) is 14.4 Å². The van der Waals surface area contributed by atoms with Crippen LogP contribution in [-0.4, -0.2) is 40.7 Å². The lowest BCUT2D eigenvalue weighted by molar-refractivity contribution is -0.274. The van der Waals surface area contributed by atoms with Gasteiger partial charge in [-0.1, -0.05) is 0 Å². The second kappa shape index (κ2) is 12.0. The molecule has 0 atom stereocenters. The minimum Gasteiger partial charge on any atom is -0.456 e. The molecule has 3 aromatic rings. The summed E-state index contributed by atoms with van der Waals surface area (Å²) in [5.74, 6) is -1.37. The molecule has 0 saturated heterocycles. The van der Waals surface area contributed by atoms with Crippen molar-refractivity contribution in [1.82, 2.24) is 9.97 Å². The zero-order valence-corrected chi connectivity index (χ0v) is 19.5. The number of hydrogen-bond donors (Lipinski definition) is 2. The molecule has 0 fully saturated rings. The maximum Gasteiger partial charge on any atom is 0.573 e. The summed E-state index contributed by atoms with van der Waals surface area (Å²) in [6, 6.07) is 11.3. The molecule has 0 bridgehead atoms. The van der Waals surface area contributed by atoms with Gasteiger partial charge in [0.05, 0.1) is 5.56 Å². The van der Waals surface area contributed by atoms with E-state index in [2.05, 4.69) is 30.1 Å². The quantitative estimate of drug-likeness (QED) is 0.314. The van der Waals surface area contributed by atoms with E-state index in [-0.39, 0.29) is 17.1 Å². The summed E-state index contributed by atoms with van der Waals surface area (Å²) in [7, 11) is 0. The van der Waals surface area contributed by atoms with Crippen LogP contribution >= 0.6 is 11.8 Å². The summed E-state index contributed by atoms with van der Waals surface area (Å²) >= 11 is 1.26. The van der Waals surface area contributed by atoms with E-state index in [0.29, 0.717) is 10.8 Å². The number of alkyl halides is 3. The maximum atomic E-state index is 12.8. The lowest BCUT2D eigenvalue weighted by atomic mass is 10.2. The first kappa shape index (κ1) is 26.5. The van der Waals surface area contributed by atoms with Crippen molar-refractivity contribution in [3.05, 3.63) is 72.1 Å². The first-order chi connectivity index (χ1) is 17.1. The van der Waals surface area contributed by atoms with E-state index in [0.717, 1.165) is 17.7 Å². The molecule has 2 aromatic heterocycles. The van der Waals surface area contributed by atoms with Gasteiger partial charge in [0.2, 0.25) is 0 Å². The van der Waals surface area contributed by atoms with Crippen molar-refractivity contribution in [3.8, 4) is 5.75 Å². The Bertz CT molecular complexity index is 1240. The lowest BCUT2D eigenvalue weighted by Crippen LogP contribution is -2.20. The fourth-order valence-corrected chi connectivity index (χ4v) is 3.68. The van der Waals surface area contributed by atoms with Gasteiger partial charge in [0, 0.05) is 30.8 Å². The number of nitrogens with zero attached hydrogens (tertiary/aromatic N) is 2. The number of anilines is 2. The summed E-state index contributed by atoms with van der Waals surface area (Å²) in [6.07, 6.45) is -1.79. The highest BCUT2D eigenvalue weighted by molar-refractivity contribution is 7.98. The van der Waals surface area contributed by atoms with Crippen LogP contribution in [0.2, 0.25) is 0 Å². The lowest BCUT2D eigenvalue weighted by Gasteiger charge is -2.11. The average molecular weight is 520 g/mol. The third-order valence-corrected chi connectivity index (χ3v) is 5.31. The molecule has 188 valence electrons. The van der Waals surface area contributed by atoms with Gasteiger partial charge in [0.25, 0.3) is 11.8 Å². The van der Waals surface area contributed by atoms with Crippen molar-refractivity contribution in [1.29, 1.82) is 0 Å². The normalized spacial score (nSPS) is 10.9. The van der Waals surface area contributed by atoms with Gasteiger partial charge in [-0.05, 0) is 54.1 Å². The van der Waals surface area contributed by atoms with Crippen molar-refractivity contribution in [2.75, 3.05) is 17.2 Å². The Morgan fingerprint density at radius 2 is 1.75 bits per heavy atom. The summed E-state index contributed by atoms with van der Waals surface area (Å²) in [4.78, 5) is 43.7. The van der Waals surface area contributed by atoms with E-state index < -0.39 is 36.5 Å². The van der Waals surface area contributed by atoms with Gasteiger partial charge >= 0.3 is 12.3 Å². The number of halogens is 3. The monoisotopic (exact) mass is 520 g/mol. The number of aromatic nitrogens is 2. The van der Waals surface area contributed by atoms with E-state index in [4.69, 9.17) is 0 Å². The van der Waals surface area contributed by atoms with Crippen molar-refractivity contribution in [2.45, 2.75) is 24.1 Å². The highest BCUT2D eigenvalue weighted by Gasteiger charge is 2.31. The molecule has 0 aliphatic heterocycles. The number of amides is 2. The topological polar surface area (TPSA) is 120 Å². The summed E-state index contributed by atoms with van der Waals surface area (Å²) in [5.41, 5.74) is 1.31. The van der Waals surface area contributed by atoms with E-state index >= 15 is 0 Å². The third kappa shape index (κ3) is 8.58. The van der Waals surface area contributed by atoms with E-state index in [9.17, 15) is 27.6 Å². The largest absolute Gasteiger partial charge is 0.573 e. The Hall–Kier alpha value is -4.13. The van der Waals surface area contributed by atoms with Crippen LogP contribution in [0.15, 0.2) is 66.0 Å². The Balaban J connectivity index is 1.62. The second-order valence-corrected chi connectivity index (χ2v) is 8.01. The SMILES string of the molecule is CC(=O)OCC(=O)Nc1cc(CSc2ncccc2C(=O)Nc2ccc(OC(F)(F)F)cc2)ccn1. The van der Waals surface area contributed by atoms with Crippen LogP contribution in [0.4, 0.5) is 24.7 Å². The zero-order chi connectivity index (χ0) is 26.1. The number of hydrogen-bond acceptors (Lipinski definition) is 8. The number of ether oxygens (including phenoxy) is 2. The minimum atomic E-state index is -4.81. The van der Waals surface area contributed by atoms with Gasteiger partial charge in [0.1, 0.15) is 16.6 Å². The highest BCUT2D eigenvalue weighted by Crippen LogP contribution is 2.27. The summed E-state index contributed by atoms with van der Waals surface area (Å²) < 4.78 is 45.4. The summed E-state index contributed by atoms with van der Waals surface area (Å²) in [5, 5.41) is 5.56. The Morgan fingerprint density at radius 3 is 2.44 bits per heavy atom. The number of thioether (sulfide) groups is 1. The van der Waals surface area contributed by atoms with Crippen molar-refractivity contribution in [3.63, 3.8) is 0 Å². The Kier molecular flexibility index (Phi) is 8.84. The molecule has 13 heteroatoms. The van der Waals surface area contributed by atoms with Crippen LogP contribution in [0.25, 0.3) is 0 Å². The van der Waals surface area contributed by atoms with Crippen molar-refractivity contribution < 1.29 is 37.0 Å². The molecule has 9 nitrogen and oxygen atoms in total. The zero-order valence-electron chi connectivity index (χ0n) is 18.7. The van der Waals surface area contributed by atoms with Crippen LogP contribution in [0.3, 0.4) is 0 Å². The predicted molar refractivity (Wildman–Crippen MR) is 124 cm³/mol. The van der Waals surface area contributed by atoms with E-state index in [1.807, 2.05) is 0 Å². The van der Waals surface area contributed by atoms with Gasteiger partial charge in [-0.25, -0.2) is 9.97 Å².